The number of amides is 1. The molecule has 1 aromatic carbocycles. The molecule has 1 atom stereocenters. The van der Waals surface area contributed by atoms with E-state index in [-0.39, 0.29) is 11.8 Å². The highest BCUT2D eigenvalue weighted by atomic mass is 19.1. The lowest BCUT2D eigenvalue weighted by molar-refractivity contribution is -0.118. The minimum Gasteiger partial charge on any atom is -0.368 e. The minimum absolute atomic E-state index is 0.129. The van der Waals surface area contributed by atoms with Gasteiger partial charge in [0.2, 0.25) is 11.9 Å². The van der Waals surface area contributed by atoms with Crippen LogP contribution in [0, 0.1) is 5.82 Å². The monoisotopic (exact) mass is 289 g/mol. The zero-order valence-electron chi connectivity index (χ0n) is 11.7. The molecule has 21 heavy (non-hydrogen) atoms. The van der Waals surface area contributed by atoms with Crippen molar-refractivity contribution in [3.05, 3.63) is 47.9 Å². The molecule has 1 amide bonds. The van der Waals surface area contributed by atoms with Gasteiger partial charge in [0.15, 0.2) is 11.6 Å². The summed E-state index contributed by atoms with van der Waals surface area (Å²) in [6.07, 6.45) is 1.05. The van der Waals surface area contributed by atoms with Crippen molar-refractivity contribution in [2.24, 2.45) is 5.73 Å². The number of hydrogen-bond donors (Lipinski definition) is 2. The zero-order chi connectivity index (χ0) is 15.4. The average Bonchev–Trinajstić information content (AvgIpc) is 2.46. The number of halogens is 1. The number of carbonyl (C=O) groups is 1. The first kappa shape index (κ1) is 14.7. The molecule has 1 heterocycles. The molecule has 2 aromatic rings. The lowest BCUT2D eigenvalue weighted by Crippen LogP contribution is -2.28. The van der Waals surface area contributed by atoms with E-state index in [4.69, 9.17) is 5.73 Å². The Labute approximate surface area is 121 Å². The molecule has 3 N–H and O–H groups in total. The van der Waals surface area contributed by atoms with Crippen molar-refractivity contribution < 1.29 is 9.18 Å². The molecule has 110 valence electrons. The quantitative estimate of drug-likeness (QED) is 0.867. The van der Waals surface area contributed by atoms with Gasteiger partial charge in [-0.3, -0.25) is 4.79 Å². The Bertz CT molecular complexity index is 633. The van der Waals surface area contributed by atoms with Crippen LogP contribution in [0.2, 0.25) is 0 Å². The second-order valence-electron chi connectivity index (χ2n) is 4.65. The number of nitrogens with one attached hydrogen (secondary N) is 1. The van der Waals surface area contributed by atoms with E-state index in [1.807, 2.05) is 6.07 Å². The van der Waals surface area contributed by atoms with Crippen molar-refractivity contribution in [3.8, 4) is 0 Å². The molecule has 2 rings (SSSR count). The summed E-state index contributed by atoms with van der Waals surface area (Å²) < 4.78 is 13.6. The topological polar surface area (TPSA) is 84.1 Å². The van der Waals surface area contributed by atoms with Crippen LogP contribution in [0.4, 0.5) is 16.2 Å². The van der Waals surface area contributed by atoms with Crippen LogP contribution in [0.25, 0.3) is 0 Å². The largest absolute Gasteiger partial charge is 0.368 e. The van der Waals surface area contributed by atoms with Crippen LogP contribution in [-0.4, -0.2) is 30.0 Å². The van der Waals surface area contributed by atoms with Gasteiger partial charge in [-0.25, -0.2) is 9.37 Å². The summed E-state index contributed by atoms with van der Waals surface area (Å²) in [6.45, 7) is 0. The predicted molar refractivity (Wildman–Crippen MR) is 78.3 cm³/mol. The van der Waals surface area contributed by atoms with Crippen molar-refractivity contribution in [1.29, 1.82) is 0 Å². The molecule has 6 nitrogen and oxygen atoms in total. The number of carbonyl (C=O) groups excluding carboxylic acids is 1. The van der Waals surface area contributed by atoms with E-state index < -0.39 is 17.8 Å². The third-order valence-corrected chi connectivity index (χ3v) is 2.84. The number of hydrogen-bond acceptors (Lipinski definition) is 5. The number of primary amides is 1. The Morgan fingerprint density at radius 3 is 2.57 bits per heavy atom. The van der Waals surface area contributed by atoms with Gasteiger partial charge < -0.3 is 16.0 Å². The number of aromatic nitrogens is 2. The highest BCUT2D eigenvalue weighted by Gasteiger charge is 2.19. The fraction of sp³-hybridized carbons (Fsp3) is 0.214. The van der Waals surface area contributed by atoms with Crippen molar-refractivity contribution in [1.82, 2.24) is 9.97 Å². The van der Waals surface area contributed by atoms with Gasteiger partial charge in [-0.15, -0.1) is 0 Å². The maximum absolute atomic E-state index is 13.6. The average molecular weight is 289 g/mol. The predicted octanol–water partition coefficient (Wildman–Crippen LogP) is 1.32. The molecule has 1 aromatic heterocycles. The Morgan fingerprint density at radius 2 is 2.00 bits per heavy atom. The Kier molecular flexibility index (Phi) is 4.32. The van der Waals surface area contributed by atoms with Crippen molar-refractivity contribution in [2.75, 3.05) is 24.3 Å². The zero-order valence-corrected chi connectivity index (χ0v) is 11.7. The molecule has 7 heteroatoms. The molecule has 0 saturated carbocycles. The molecular weight excluding hydrogens is 273 g/mol. The normalized spacial score (nSPS) is 11.8. The summed E-state index contributed by atoms with van der Waals surface area (Å²) in [5, 5.41) is 2.83. The smallest absolute Gasteiger partial charge is 0.244 e. The van der Waals surface area contributed by atoms with Crippen LogP contribution in [0.3, 0.4) is 0 Å². The lowest BCUT2D eigenvalue weighted by atomic mass is 10.1. The number of nitrogens with two attached hydrogens (primary N) is 1. The van der Waals surface area contributed by atoms with E-state index in [2.05, 4.69) is 15.3 Å². The molecule has 0 saturated heterocycles. The van der Waals surface area contributed by atoms with Gasteiger partial charge in [0.1, 0.15) is 6.04 Å². The summed E-state index contributed by atoms with van der Waals surface area (Å²) in [7, 11) is 3.33. The van der Waals surface area contributed by atoms with Crippen LogP contribution in [0.1, 0.15) is 11.6 Å². The van der Waals surface area contributed by atoms with Gasteiger partial charge in [-0.2, -0.15) is 4.98 Å². The lowest BCUT2D eigenvalue weighted by Gasteiger charge is -2.17. The van der Waals surface area contributed by atoms with Crippen LogP contribution in [0.15, 0.2) is 36.5 Å². The first-order valence-electron chi connectivity index (χ1n) is 6.29. The van der Waals surface area contributed by atoms with Crippen molar-refractivity contribution in [2.45, 2.75) is 6.04 Å². The highest BCUT2D eigenvalue weighted by Crippen LogP contribution is 2.19. The number of anilines is 2. The van der Waals surface area contributed by atoms with Crippen LogP contribution < -0.4 is 16.0 Å². The van der Waals surface area contributed by atoms with Gasteiger partial charge >= 0.3 is 0 Å². The van der Waals surface area contributed by atoms with Crippen molar-refractivity contribution >= 4 is 17.7 Å². The fourth-order valence-corrected chi connectivity index (χ4v) is 1.83. The second-order valence-corrected chi connectivity index (χ2v) is 4.65. The van der Waals surface area contributed by atoms with Gasteiger partial charge in [-0.05, 0) is 5.56 Å². The SMILES string of the molecule is CN(C)c1nc(N[C@H](C(N)=O)c2ccccc2)ncc1F. The van der Waals surface area contributed by atoms with Gasteiger partial charge in [0, 0.05) is 14.1 Å². The van der Waals surface area contributed by atoms with Gasteiger partial charge in [0.25, 0.3) is 0 Å². The number of benzene rings is 1. The molecule has 0 aliphatic carbocycles. The third-order valence-electron chi connectivity index (χ3n) is 2.84. The van der Waals surface area contributed by atoms with E-state index in [1.54, 1.807) is 38.4 Å². The maximum atomic E-state index is 13.6. The van der Waals surface area contributed by atoms with Crippen LogP contribution >= 0.6 is 0 Å². The third kappa shape index (κ3) is 3.44. The van der Waals surface area contributed by atoms with E-state index >= 15 is 0 Å². The number of nitrogens with zero attached hydrogens (tertiary/aromatic N) is 3. The second kappa shape index (κ2) is 6.17. The van der Waals surface area contributed by atoms with E-state index in [0.717, 1.165) is 6.20 Å². The molecule has 0 aliphatic heterocycles. The first-order chi connectivity index (χ1) is 9.99. The molecule has 0 fully saturated rings. The Balaban J connectivity index is 2.30. The molecule has 0 spiro atoms. The van der Waals surface area contributed by atoms with Crippen LogP contribution in [-0.2, 0) is 4.79 Å². The summed E-state index contributed by atoms with van der Waals surface area (Å²) in [6, 6.07) is 8.16. The number of rotatable bonds is 5. The van der Waals surface area contributed by atoms with E-state index in [1.165, 1.54) is 4.90 Å². The molecule has 0 radical (unpaired) electrons. The minimum atomic E-state index is -0.785. The van der Waals surface area contributed by atoms with Gasteiger partial charge in [0.05, 0.1) is 6.20 Å². The Hall–Kier alpha value is -2.70. The maximum Gasteiger partial charge on any atom is 0.244 e. The van der Waals surface area contributed by atoms with Crippen LogP contribution in [0.5, 0.6) is 0 Å². The Morgan fingerprint density at radius 1 is 1.33 bits per heavy atom. The molecule has 0 aliphatic rings. The summed E-state index contributed by atoms with van der Waals surface area (Å²) in [5.74, 6) is -0.849. The van der Waals surface area contributed by atoms with E-state index in [0.29, 0.717) is 5.56 Å². The standard InChI is InChI=1S/C14H16FN5O/c1-20(2)13-10(15)8-17-14(19-13)18-11(12(16)21)9-6-4-3-5-7-9/h3-8,11H,1-2H3,(H2,16,21)(H,17,18,19)/t11-/m0/s1. The fourth-order valence-electron chi connectivity index (χ4n) is 1.83. The molecule has 0 bridgehead atoms. The first-order valence-corrected chi connectivity index (χ1v) is 6.29. The summed E-state index contributed by atoms with van der Waals surface area (Å²) in [5.41, 5.74) is 6.09. The van der Waals surface area contributed by atoms with E-state index in [9.17, 15) is 9.18 Å². The summed E-state index contributed by atoms with van der Waals surface area (Å²) in [4.78, 5) is 21.0. The van der Waals surface area contributed by atoms with Crippen molar-refractivity contribution in [3.63, 3.8) is 0 Å². The highest BCUT2D eigenvalue weighted by molar-refractivity contribution is 5.84. The molecular formula is C14H16FN5O. The van der Waals surface area contributed by atoms with Gasteiger partial charge in [-0.1, -0.05) is 30.3 Å². The summed E-state index contributed by atoms with van der Waals surface area (Å²) >= 11 is 0. The molecule has 0 unspecified atom stereocenters.